The van der Waals surface area contributed by atoms with E-state index in [4.69, 9.17) is 14.5 Å². The first kappa shape index (κ1) is 20.4. The molecule has 0 spiro atoms. The van der Waals surface area contributed by atoms with Crippen molar-refractivity contribution in [1.82, 2.24) is 11.1 Å². The van der Waals surface area contributed by atoms with Crippen LogP contribution in [0, 0.1) is 0 Å². The van der Waals surface area contributed by atoms with E-state index >= 15 is 0 Å². The maximum absolute atomic E-state index is 5.27. The highest BCUT2D eigenvalue weighted by molar-refractivity contribution is 5.85. The van der Waals surface area contributed by atoms with Crippen LogP contribution in [0.15, 0.2) is 78.9 Å². The van der Waals surface area contributed by atoms with Crippen LogP contribution in [0.4, 0.5) is 0 Å². The lowest BCUT2D eigenvalue weighted by Crippen LogP contribution is -2.00. The molecule has 29 heavy (non-hydrogen) atoms. The number of rotatable bonds is 6. The zero-order chi connectivity index (χ0) is 19.3. The third-order valence-electron chi connectivity index (χ3n) is 4.95. The third-order valence-corrected chi connectivity index (χ3v) is 4.95. The van der Waals surface area contributed by atoms with Crippen molar-refractivity contribution in [3.8, 4) is 11.5 Å². The molecule has 0 aliphatic carbocycles. The van der Waals surface area contributed by atoms with E-state index in [1.54, 1.807) is 14.2 Å². The highest BCUT2D eigenvalue weighted by Crippen LogP contribution is 2.24. The number of methoxy groups -OCH3 is 2. The first-order valence-electron chi connectivity index (χ1n) is 9.38. The van der Waals surface area contributed by atoms with Crippen LogP contribution in [-0.2, 0) is 12.8 Å². The fraction of sp³-hybridized carbons (Fsp3) is 0.160. The van der Waals surface area contributed by atoms with Gasteiger partial charge in [0, 0.05) is 23.9 Å². The number of benzene rings is 3. The Kier molecular flexibility index (Phi) is 6.47. The SMILES string of the molecule is COc1ccc(Cc2cc3ccccc3c(Cc3ccc(OC)cc3)n2)cc1.N. The second-order valence-corrected chi connectivity index (χ2v) is 6.83. The van der Waals surface area contributed by atoms with Crippen molar-refractivity contribution in [2.45, 2.75) is 12.8 Å². The summed E-state index contributed by atoms with van der Waals surface area (Å²) in [6.45, 7) is 0. The summed E-state index contributed by atoms with van der Waals surface area (Å²) < 4.78 is 10.5. The Bertz CT molecular complexity index is 1070. The van der Waals surface area contributed by atoms with E-state index in [-0.39, 0.29) is 6.15 Å². The number of ether oxygens (including phenoxy) is 2. The molecule has 0 atom stereocenters. The molecule has 3 aromatic carbocycles. The molecule has 0 saturated heterocycles. The van der Waals surface area contributed by atoms with Gasteiger partial charge in [0.05, 0.1) is 19.9 Å². The van der Waals surface area contributed by atoms with Gasteiger partial charge in [0.2, 0.25) is 0 Å². The van der Waals surface area contributed by atoms with Crippen molar-refractivity contribution in [2.24, 2.45) is 0 Å². The average molecular weight is 386 g/mol. The molecule has 148 valence electrons. The van der Waals surface area contributed by atoms with Crippen molar-refractivity contribution in [2.75, 3.05) is 14.2 Å². The maximum Gasteiger partial charge on any atom is 0.118 e. The molecule has 0 radical (unpaired) electrons. The number of hydrogen-bond donors (Lipinski definition) is 1. The molecule has 0 amide bonds. The molecule has 4 heteroatoms. The molecule has 1 heterocycles. The maximum atomic E-state index is 5.27. The third kappa shape index (κ3) is 4.73. The minimum atomic E-state index is 0. The van der Waals surface area contributed by atoms with Gasteiger partial charge in [-0.1, -0.05) is 48.5 Å². The summed E-state index contributed by atoms with van der Waals surface area (Å²) in [5, 5.41) is 2.43. The van der Waals surface area contributed by atoms with Crippen LogP contribution >= 0.6 is 0 Å². The van der Waals surface area contributed by atoms with E-state index < -0.39 is 0 Å². The monoisotopic (exact) mass is 386 g/mol. The number of nitrogens with zero attached hydrogens (tertiary/aromatic N) is 1. The van der Waals surface area contributed by atoms with Crippen molar-refractivity contribution in [3.05, 3.63) is 101 Å². The fourth-order valence-corrected chi connectivity index (χ4v) is 3.45. The Balaban J connectivity index is 0.00000240. The van der Waals surface area contributed by atoms with Crippen molar-refractivity contribution in [1.29, 1.82) is 0 Å². The lowest BCUT2D eigenvalue weighted by Gasteiger charge is -2.11. The smallest absolute Gasteiger partial charge is 0.118 e. The van der Waals surface area contributed by atoms with Gasteiger partial charge in [-0.05, 0) is 46.8 Å². The number of aromatic nitrogens is 1. The average Bonchev–Trinajstić information content (AvgIpc) is 2.75. The molecule has 0 aliphatic heterocycles. The summed E-state index contributed by atoms with van der Waals surface area (Å²) in [4.78, 5) is 5.01. The Hall–Kier alpha value is -3.37. The Morgan fingerprint density at radius 3 is 1.83 bits per heavy atom. The van der Waals surface area contributed by atoms with Crippen LogP contribution in [0.1, 0.15) is 22.5 Å². The first-order valence-corrected chi connectivity index (χ1v) is 9.38. The van der Waals surface area contributed by atoms with Crippen molar-refractivity contribution >= 4 is 10.8 Å². The van der Waals surface area contributed by atoms with Crippen LogP contribution in [0.3, 0.4) is 0 Å². The Morgan fingerprint density at radius 1 is 0.690 bits per heavy atom. The van der Waals surface area contributed by atoms with Gasteiger partial charge in [-0.2, -0.15) is 0 Å². The van der Waals surface area contributed by atoms with Gasteiger partial charge in [-0.15, -0.1) is 0 Å². The van der Waals surface area contributed by atoms with E-state index in [0.29, 0.717) is 0 Å². The molecule has 0 aliphatic rings. The fourth-order valence-electron chi connectivity index (χ4n) is 3.45. The molecular formula is C25H26N2O2. The van der Waals surface area contributed by atoms with Gasteiger partial charge >= 0.3 is 0 Å². The van der Waals surface area contributed by atoms with Crippen LogP contribution < -0.4 is 15.6 Å². The largest absolute Gasteiger partial charge is 0.497 e. The molecule has 4 aromatic rings. The summed E-state index contributed by atoms with van der Waals surface area (Å²) in [6, 6.07) is 27.0. The van der Waals surface area contributed by atoms with E-state index in [2.05, 4.69) is 54.6 Å². The van der Waals surface area contributed by atoms with Crippen LogP contribution in [0.25, 0.3) is 10.8 Å². The summed E-state index contributed by atoms with van der Waals surface area (Å²) in [5.74, 6) is 1.74. The Labute approximate surface area is 171 Å². The minimum absolute atomic E-state index is 0. The van der Waals surface area contributed by atoms with E-state index in [9.17, 15) is 0 Å². The van der Waals surface area contributed by atoms with Crippen LogP contribution in [0.5, 0.6) is 11.5 Å². The predicted molar refractivity (Wildman–Crippen MR) is 118 cm³/mol. The normalized spacial score (nSPS) is 10.4. The number of hydrogen-bond acceptors (Lipinski definition) is 4. The van der Waals surface area contributed by atoms with Gasteiger partial charge in [-0.25, -0.2) is 0 Å². The number of pyridine rings is 1. The highest BCUT2D eigenvalue weighted by Gasteiger charge is 2.08. The van der Waals surface area contributed by atoms with Crippen molar-refractivity contribution in [3.63, 3.8) is 0 Å². The quantitative estimate of drug-likeness (QED) is 0.469. The summed E-state index contributed by atoms with van der Waals surface area (Å²) in [5.41, 5.74) is 4.62. The lowest BCUT2D eigenvalue weighted by molar-refractivity contribution is 0.414. The van der Waals surface area contributed by atoms with Gasteiger partial charge in [-0.3, -0.25) is 4.98 Å². The lowest BCUT2D eigenvalue weighted by atomic mass is 10.0. The van der Waals surface area contributed by atoms with Gasteiger partial charge in [0.25, 0.3) is 0 Å². The Morgan fingerprint density at radius 2 is 1.24 bits per heavy atom. The summed E-state index contributed by atoms with van der Waals surface area (Å²) >= 11 is 0. The zero-order valence-electron chi connectivity index (χ0n) is 16.9. The molecule has 0 saturated carbocycles. The molecule has 1 aromatic heterocycles. The van der Waals surface area contributed by atoms with Crippen molar-refractivity contribution < 1.29 is 9.47 Å². The number of fused-ring (bicyclic) bond motifs is 1. The molecule has 4 nitrogen and oxygen atoms in total. The van der Waals surface area contributed by atoms with Gasteiger partial charge in [0.15, 0.2) is 0 Å². The van der Waals surface area contributed by atoms with Gasteiger partial charge < -0.3 is 15.6 Å². The van der Waals surface area contributed by atoms with Crippen LogP contribution in [0.2, 0.25) is 0 Å². The van der Waals surface area contributed by atoms with E-state index in [1.807, 2.05) is 24.3 Å². The van der Waals surface area contributed by atoms with Gasteiger partial charge in [0.1, 0.15) is 11.5 Å². The molecule has 0 unspecified atom stereocenters. The second kappa shape index (κ2) is 9.22. The van der Waals surface area contributed by atoms with Crippen LogP contribution in [-0.4, -0.2) is 19.2 Å². The topological polar surface area (TPSA) is 66.3 Å². The standard InChI is InChI=1S/C25H23NO2.H3N/c1-27-22-11-7-18(8-12-22)15-21-17-20-5-3-4-6-24(20)25(26-21)16-19-9-13-23(28-2)14-10-19;/h3-14,17H,15-16H2,1-2H3;1H3. The summed E-state index contributed by atoms with van der Waals surface area (Å²) in [6.07, 6.45) is 1.59. The predicted octanol–water partition coefficient (Wildman–Crippen LogP) is 5.60. The summed E-state index contributed by atoms with van der Waals surface area (Å²) in [7, 11) is 3.37. The van der Waals surface area contributed by atoms with E-state index in [0.717, 1.165) is 35.7 Å². The first-order chi connectivity index (χ1) is 13.7. The molecule has 3 N–H and O–H groups in total. The van der Waals surface area contributed by atoms with E-state index in [1.165, 1.54) is 21.9 Å². The molecule has 4 rings (SSSR count). The molecule has 0 bridgehead atoms. The molecule has 0 fully saturated rings. The second-order valence-electron chi connectivity index (χ2n) is 6.83. The minimum Gasteiger partial charge on any atom is -0.497 e. The highest BCUT2D eigenvalue weighted by atomic mass is 16.5. The molecular weight excluding hydrogens is 360 g/mol. The zero-order valence-corrected chi connectivity index (χ0v) is 16.9.